The summed E-state index contributed by atoms with van der Waals surface area (Å²) in [5.41, 5.74) is 6.77. The zero-order chi connectivity index (χ0) is 13.1. The number of carbonyl (C=O) groups excluding carboxylic acids is 1. The van der Waals surface area contributed by atoms with Crippen molar-refractivity contribution in [2.75, 3.05) is 12.3 Å². The van der Waals surface area contributed by atoms with Gasteiger partial charge in [-0.2, -0.15) is 0 Å². The molecule has 1 aromatic rings. The van der Waals surface area contributed by atoms with Crippen molar-refractivity contribution < 1.29 is 9.53 Å². The summed E-state index contributed by atoms with van der Waals surface area (Å²) in [5, 5.41) is 0.446. The number of halogens is 1. The minimum absolute atomic E-state index is 0.136. The zero-order valence-corrected chi connectivity index (χ0v) is 11.2. The third-order valence-corrected chi connectivity index (χ3v) is 3.72. The molecule has 0 aliphatic heterocycles. The summed E-state index contributed by atoms with van der Waals surface area (Å²) in [5.74, 6) is 0.585. The van der Waals surface area contributed by atoms with Gasteiger partial charge >= 0.3 is 0 Å². The van der Waals surface area contributed by atoms with Crippen molar-refractivity contribution in [1.82, 2.24) is 0 Å². The first-order valence-electron chi connectivity index (χ1n) is 6.30. The molecule has 0 heterocycles. The van der Waals surface area contributed by atoms with Crippen LogP contribution in [0.2, 0.25) is 5.02 Å². The fourth-order valence-corrected chi connectivity index (χ4v) is 2.47. The van der Waals surface area contributed by atoms with E-state index in [-0.39, 0.29) is 5.78 Å². The number of nitrogens with two attached hydrogens (primary N) is 1. The summed E-state index contributed by atoms with van der Waals surface area (Å²) in [4.78, 5) is 12.0. The SMILES string of the molecule is CCOC1CC(CC(=O)c2ccc(N)c(Cl)c2)C1. The molecule has 0 aromatic heterocycles. The van der Waals surface area contributed by atoms with Crippen LogP contribution < -0.4 is 5.73 Å². The zero-order valence-electron chi connectivity index (χ0n) is 10.5. The smallest absolute Gasteiger partial charge is 0.163 e. The summed E-state index contributed by atoms with van der Waals surface area (Å²) in [6.07, 6.45) is 2.90. The van der Waals surface area contributed by atoms with Gasteiger partial charge in [0.15, 0.2) is 5.78 Å². The van der Waals surface area contributed by atoms with Gasteiger partial charge in [0.25, 0.3) is 0 Å². The van der Waals surface area contributed by atoms with Crippen LogP contribution in [-0.4, -0.2) is 18.5 Å². The van der Waals surface area contributed by atoms with E-state index in [4.69, 9.17) is 22.1 Å². The van der Waals surface area contributed by atoms with Crippen molar-refractivity contribution in [3.63, 3.8) is 0 Å². The van der Waals surface area contributed by atoms with Gasteiger partial charge in [-0.1, -0.05) is 11.6 Å². The number of hydrogen-bond acceptors (Lipinski definition) is 3. The van der Waals surface area contributed by atoms with E-state index in [1.807, 2.05) is 6.92 Å². The van der Waals surface area contributed by atoms with Crippen molar-refractivity contribution in [2.45, 2.75) is 32.3 Å². The molecule has 1 saturated carbocycles. The first-order chi connectivity index (χ1) is 8.60. The van der Waals surface area contributed by atoms with Crippen LogP contribution >= 0.6 is 11.6 Å². The Morgan fingerprint density at radius 1 is 1.50 bits per heavy atom. The molecule has 0 amide bonds. The standard InChI is InChI=1S/C14H18ClNO2/c1-2-18-11-5-9(6-11)7-14(17)10-3-4-13(16)12(15)8-10/h3-4,8-9,11H,2,5-7,16H2,1H3. The molecule has 3 nitrogen and oxygen atoms in total. The predicted molar refractivity (Wildman–Crippen MR) is 72.9 cm³/mol. The Morgan fingerprint density at radius 3 is 2.83 bits per heavy atom. The van der Waals surface area contributed by atoms with Crippen LogP contribution in [0.15, 0.2) is 18.2 Å². The van der Waals surface area contributed by atoms with Crippen molar-refractivity contribution in [1.29, 1.82) is 0 Å². The number of carbonyl (C=O) groups is 1. The first kappa shape index (κ1) is 13.4. The number of hydrogen-bond donors (Lipinski definition) is 1. The molecule has 0 spiro atoms. The van der Waals surface area contributed by atoms with E-state index in [2.05, 4.69) is 0 Å². The number of benzene rings is 1. The number of ketones is 1. The number of rotatable bonds is 5. The van der Waals surface area contributed by atoms with Gasteiger partial charge in [-0.05, 0) is 43.9 Å². The maximum Gasteiger partial charge on any atom is 0.163 e. The molecular weight excluding hydrogens is 250 g/mol. The molecule has 0 bridgehead atoms. The maximum absolute atomic E-state index is 12.0. The summed E-state index contributed by atoms with van der Waals surface area (Å²) in [6, 6.07) is 5.07. The molecule has 0 atom stereocenters. The highest BCUT2D eigenvalue weighted by Crippen LogP contribution is 2.34. The van der Waals surface area contributed by atoms with E-state index in [0.717, 1.165) is 19.4 Å². The van der Waals surface area contributed by atoms with E-state index in [0.29, 0.717) is 34.7 Å². The Labute approximate surface area is 112 Å². The topological polar surface area (TPSA) is 52.3 Å². The Morgan fingerprint density at radius 2 is 2.22 bits per heavy atom. The normalized spacial score (nSPS) is 22.6. The quantitative estimate of drug-likeness (QED) is 0.658. The Hall–Kier alpha value is -1.06. The Balaban J connectivity index is 1.87. The van der Waals surface area contributed by atoms with E-state index >= 15 is 0 Å². The molecular formula is C14H18ClNO2. The number of anilines is 1. The predicted octanol–water partition coefficient (Wildman–Crippen LogP) is 3.31. The fraction of sp³-hybridized carbons (Fsp3) is 0.500. The highest BCUT2D eigenvalue weighted by atomic mass is 35.5. The van der Waals surface area contributed by atoms with Crippen LogP contribution in [0.1, 0.15) is 36.5 Å². The Kier molecular flexibility index (Phi) is 4.25. The van der Waals surface area contributed by atoms with E-state index in [1.54, 1.807) is 18.2 Å². The van der Waals surface area contributed by atoms with Gasteiger partial charge in [-0.25, -0.2) is 0 Å². The van der Waals surface area contributed by atoms with Gasteiger partial charge in [0.05, 0.1) is 16.8 Å². The highest BCUT2D eigenvalue weighted by Gasteiger charge is 2.31. The van der Waals surface area contributed by atoms with E-state index in [9.17, 15) is 4.79 Å². The molecule has 1 aliphatic rings. The van der Waals surface area contributed by atoms with Crippen molar-refractivity contribution in [3.05, 3.63) is 28.8 Å². The average Bonchev–Trinajstić information content (AvgIpc) is 2.30. The van der Waals surface area contributed by atoms with Crippen molar-refractivity contribution in [3.8, 4) is 0 Å². The molecule has 98 valence electrons. The van der Waals surface area contributed by atoms with Gasteiger partial charge in [-0.3, -0.25) is 4.79 Å². The summed E-state index contributed by atoms with van der Waals surface area (Å²) in [6.45, 7) is 2.74. The van der Waals surface area contributed by atoms with E-state index in [1.165, 1.54) is 0 Å². The van der Waals surface area contributed by atoms with Crippen molar-refractivity contribution in [2.24, 2.45) is 5.92 Å². The van der Waals surface area contributed by atoms with Crippen molar-refractivity contribution >= 4 is 23.1 Å². The Bertz CT molecular complexity index is 441. The van der Waals surface area contributed by atoms with Gasteiger partial charge in [0.2, 0.25) is 0 Å². The molecule has 0 radical (unpaired) electrons. The number of nitrogen functional groups attached to an aromatic ring is 1. The molecule has 0 unspecified atom stereocenters. The number of Topliss-reactive ketones (excluding diaryl/α,β-unsaturated/α-hetero) is 1. The first-order valence-corrected chi connectivity index (χ1v) is 6.67. The molecule has 2 rings (SSSR count). The van der Waals surface area contributed by atoms with Crippen LogP contribution in [0, 0.1) is 5.92 Å². The average molecular weight is 268 g/mol. The van der Waals surface area contributed by atoms with Crippen LogP contribution in [0.5, 0.6) is 0 Å². The van der Waals surface area contributed by atoms with Crippen LogP contribution in [-0.2, 0) is 4.74 Å². The van der Waals surface area contributed by atoms with Gasteiger partial charge in [0, 0.05) is 18.6 Å². The lowest BCUT2D eigenvalue weighted by Crippen LogP contribution is -2.32. The second-order valence-corrected chi connectivity index (χ2v) is 5.19. The lowest BCUT2D eigenvalue weighted by molar-refractivity contribution is -0.0246. The molecule has 4 heteroatoms. The lowest BCUT2D eigenvalue weighted by atomic mass is 9.78. The third kappa shape index (κ3) is 3.03. The maximum atomic E-state index is 12.0. The molecule has 1 aliphatic carbocycles. The molecule has 0 saturated heterocycles. The fourth-order valence-electron chi connectivity index (χ4n) is 2.29. The van der Waals surface area contributed by atoms with Crippen LogP contribution in [0.4, 0.5) is 5.69 Å². The number of ether oxygens (including phenoxy) is 1. The minimum Gasteiger partial charge on any atom is -0.398 e. The minimum atomic E-state index is 0.136. The lowest BCUT2D eigenvalue weighted by Gasteiger charge is -2.34. The monoisotopic (exact) mass is 267 g/mol. The third-order valence-electron chi connectivity index (χ3n) is 3.39. The van der Waals surface area contributed by atoms with Gasteiger partial charge in [0.1, 0.15) is 0 Å². The molecule has 2 N–H and O–H groups in total. The van der Waals surface area contributed by atoms with Gasteiger partial charge < -0.3 is 10.5 Å². The van der Waals surface area contributed by atoms with Gasteiger partial charge in [-0.15, -0.1) is 0 Å². The molecule has 1 aromatic carbocycles. The van der Waals surface area contributed by atoms with Crippen LogP contribution in [0.3, 0.4) is 0 Å². The summed E-state index contributed by atoms with van der Waals surface area (Å²) < 4.78 is 5.48. The highest BCUT2D eigenvalue weighted by molar-refractivity contribution is 6.33. The molecule has 18 heavy (non-hydrogen) atoms. The second-order valence-electron chi connectivity index (χ2n) is 4.78. The summed E-state index contributed by atoms with van der Waals surface area (Å²) in [7, 11) is 0. The second kappa shape index (κ2) is 5.72. The molecule has 1 fully saturated rings. The largest absolute Gasteiger partial charge is 0.398 e. The van der Waals surface area contributed by atoms with E-state index < -0.39 is 0 Å². The van der Waals surface area contributed by atoms with Crippen LogP contribution in [0.25, 0.3) is 0 Å². The summed E-state index contributed by atoms with van der Waals surface area (Å²) >= 11 is 5.91.